The first-order valence-electron chi connectivity index (χ1n) is 6.38. The third-order valence-electron chi connectivity index (χ3n) is 2.96. The van der Waals surface area contributed by atoms with Gasteiger partial charge in [-0.1, -0.05) is 29.8 Å². The molecule has 0 unspecified atom stereocenters. The van der Waals surface area contributed by atoms with E-state index in [0.717, 1.165) is 11.6 Å². The summed E-state index contributed by atoms with van der Waals surface area (Å²) in [7, 11) is 0. The SMILES string of the molecule is Cc1ccc(/C=C/C(=O)Nc2c(F)c(F)c(F)c(F)c2F)cc1. The number of anilines is 1. The number of aryl methyl sites for hydroxylation is 1. The van der Waals surface area contributed by atoms with Gasteiger partial charge >= 0.3 is 0 Å². The highest BCUT2D eigenvalue weighted by Crippen LogP contribution is 2.27. The molecule has 2 aromatic rings. The van der Waals surface area contributed by atoms with Crippen LogP contribution >= 0.6 is 0 Å². The van der Waals surface area contributed by atoms with E-state index in [1.165, 1.54) is 6.08 Å². The molecule has 23 heavy (non-hydrogen) atoms. The fourth-order valence-corrected chi connectivity index (χ4v) is 1.73. The van der Waals surface area contributed by atoms with E-state index >= 15 is 0 Å². The Kier molecular flexibility index (Phi) is 4.78. The molecule has 0 aliphatic heterocycles. The Morgan fingerprint density at radius 3 is 1.87 bits per heavy atom. The summed E-state index contributed by atoms with van der Waals surface area (Å²) in [5.41, 5.74) is 0.233. The number of nitrogens with one attached hydrogen (secondary N) is 1. The van der Waals surface area contributed by atoms with Crippen LogP contribution in [-0.2, 0) is 4.79 Å². The van der Waals surface area contributed by atoms with Gasteiger partial charge in [0.15, 0.2) is 23.3 Å². The predicted octanol–water partition coefficient (Wildman–Crippen LogP) is 4.34. The van der Waals surface area contributed by atoms with E-state index in [0.29, 0.717) is 5.56 Å². The van der Waals surface area contributed by atoms with Crippen molar-refractivity contribution in [3.8, 4) is 0 Å². The normalized spacial score (nSPS) is 11.0. The van der Waals surface area contributed by atoms with Gasteiger partial charge in [-0.2, -0.15) is 0 Å². The Labute approximate surface area is 128 Å². The lowest BCUT2D eigenvalue weighted by Gasteiger charge is -2.08. The molecule has 0 saturated carbocycles. The van der Waals surface area contributed by atoms with Gasteiger partial charge < -0.3 is 5.32 Å². The smallest absolute Gasteiger partial charge is 0.248 e. The molecule has 0 saturated heterocycles. The van der Waals surface area contributed by atoms with Crippen molar-refractivity contribution in [3.63, 3.8) is 0 Å². The number of carbonyl (C=O) groups excluding carboxylic acids is 1. The van der Waals surface area contributed by atoms with Crippen molar-refractivity contribution >= 4 is 17.7 Å². The van der Waals surface area contributed by atoms with Crippen LogP contribution in [0.1, 0.15) is 11.1 Å². The Morgan fingerprint density at radius 2 is 1.35 bits per heavy atom. The first kappa shape index (κ1) is 16.7. The summed E-state index contributed by atoms with van der Waals surface area (Å²) in [5.74, 6) is -11.8. The molecular formula is C16H10F5NO. The van der Waals surface area contributed by atoms with Gasteiger partial charge in [-0.3, -0.25) is 4.79 Å². The number of hydrogen-bond acceptors (Lipinski definition) is 1. The molecule has 2 rings (SSSR count). The lowest BCUT2D eigenvalue weighted by atomic mass is 10.1. The van der Waals surface area contributed by atoms with Crippen LogP contribution in [0.3, 0.4) is 0 Å². The van der Waals surface area contributed by atoms with Crippen LogP contribution in [0.25, 0.3) is 6.08 Å². The van der Waals surface area contributed by atoms with Gasteiger partial charge in [0.1, 0.15) is 5.69 Å². The molecule has 0 fully saturated rings. The van der Waals surface area contributed by atoms with Crippen molar-refractivity contribution in [1.82, 2.24) is 0 Å². The fraction of sp³-hybridized carbons (Fsp3) is 0.0625. The second-order valence-electron chi connectivity index (χ2n) is 4.68. The summed E-state index contributed by atoms with van der Waals surface area (Å²) in [6, 6.07) is 6.94. The van der Waals surface area contributed by atoms with Crippen molar-refractivity contribution in [2.24, 2.45) is 0 Å². The van der Waals surface area contributed by atoms with Gasteiger partial charge in [0.05, 0.1) is 0 Å². The maximum absolute atomic E-state index is 13.4. The van der Waals surface area contributed by atoms with Crippen molar-refractivity contribution < 1.29 is 26.7 Å². The largest absolute Gasteiger partial charge is 0.317 e. The molecule has 0 aliphatic carbocycles. The van der Waals surface area contributed by atoms with Gasteiger partial charge in [-0.15, -0.1) is 0 Å². The minimum Gasteiger partial charge on any atom is -0.317 e. The Hall–Kier alpha value is -2.70. The van der Waals surface area contributed by atoms with Crippen LogP contribution < -0.4 is 5.32 Å². The average molecular weight is 327 g/mol. The monoisotopic (exact) mass is 327 g/mol. The fourth-order valence-electron chi connectivity index (χ4n) is 1.73. The molecule has 0 radical (unpaired) electrons. The summed E-state index contributed by atoms with van der Waals surface area (Å²) >= 11 is 0. The number of carbonyl (C=O) groups is 1. The number of halogens is 5. The van der Waals surface area contributed by atoms with Crippen LogP contribution in [0.4, 0.5) is 27.6 Å². The standard InChI is InChI=1S/C16H10F5NO/c1-8-2-4-9(5-3-8)6-7-10(23)22-16-14(20)12(18)11(17)13(19)15(16)21/h2-7H,1H3,(H,22,23)/b7-6+. The highest BCUT2D eigenvalue weighted by atomic mass is 19.2. The number of benzene rings is 2. The first-order chi connectivity index (χ1) is 10.8. The van der Waals surface area contributed by atoms with Gasteiger partial charge in [0.25, 0.3) is 0 Å². The van der Waals surface area contributed by atoms with E-state index in [1.54, 1.807) is 29.6 Å². The first-order valence-corrected chi connectivity index (χ1v) is 6.38. The Bertz CT molecular complexity index is 755. The Morgan fingerprint density at radius 1 is 0.870 bits per heavy atom. The van der Waals surface area contributed by atoms with Gasteiger partial charge in [-0.25, -0.2) is 22.0 Å². The van der Waals surface area contributed by atoms with E-state index < -0.39 is 40.7 Å². The van der Waals surface area contributed by atoms with Gasteiger partial charge in [0, 0.05) is 6.08 Å². The second kappa shape index (κ2) is 6.60. The summed E-state index contributed by atoms with van der Waals surface area (Å²) in [6.45, 7) is 1.86. The van der Waals surface area contributed by atoms with Gasteiger partial charge in [0.2, 0.25) is 11.7 Å². The molecule has 1 amide bonds. The summed E-state index contributed by atoms with van der Waals surface area (Å²) < 4.78 is 65.7. The van der Waals surface area contributed by atoms with E-state index in [2.05, 4.69) is 0 Å². The maximum atomic E-state index is 13.4. The van der Waals surface area contributed by atoms with Crippen LogP contribution in [0.15, 0.2) is 30.3 Å². The van der Waals surface area contributed by atoms with E-state index in [-0.39, 0.29) is 0 Å². The Balaban J connectivity index is 2.22. The zero-order chi connectivity index (χ0) is 17.1. The molecule has 120 valence electrons. The lowest BCUT2D eigenvalue weighted by molar-refractivity contribution is -0.111. The van der Waals surface area contributed by atoms with E-state index in [4.69, 9.17) is 0 Å². The molecular weight excluding hydrogens is 317 g/mol. The van der Waals surface area contributed by atoms with Crippen molar-refractivity contribution in [3.05, 3.63) is 70.6 Å². The second-order valence-corrected chi connectivity index (χ2v) is 4.68. The van der Waals surface area contributed by atoms with Crippen LogP contribution in [0, 0.1) is 36.0 Å². The van der Waals surface area contributed by atoms with Crippen LogP contribution in [-0.4, -0.2) is 5.91 Å². The molecule has 0 spiro atoms. The van der Waals surface area contributed by atoms with Crippen molar-refractivity contribution in [2.45, 2.75) is 6.92 Å². The number of rotatable bonds is 3. The molecule has 2 aromatic carbocycles. The summed E-state index contributed by atoms with van der Waals surface area (Å²) in [6.07, 6.45) is 2.25. The zero-order valence-corrected chi connectivity index (χ0v) is 11.8. The quantitative estimate of drug-likeness (QED) is 0.386. The van der Waals surface area contributed by atoms with Gasteiger partial charge in [-0.05, 0) is 18.6 Å². The minimum absolute atomic E-state index is 0.628. The average Bonchev–Trinajstić information content (AvgIpc) is 2.54. The number of amides is 1. The van der Waals surface area contributed by atoms with Crippen LogP contribution in [0.5, 0.6) is 0 Å². The van der Waals surface area contributed by atoms with Crippen molar-refractivity contribution in [1.29, 1.82) is 0 Å². The van der Waals surface area contributed by atoms with Crippen molar-refractivity contribution in [2.75, 3.05) is 5.32 Å². The molecule has 0 aromatic heterocycles. The topological polar surface area (TPSA) is 29.1 Å². The third-order valence-corrected chi connectivity index (χ3v) is 2.96. The number of hydrogen-bond donors (Lipinski definition) is 1. The third kappa shape index (κ3) is 3.56. The lowest BCUT2D eigenvalue weighted by Crippen LogP contribution is -2.14. The predicted molar refractivity (Wildman–Crippen MR) is 75.1 cm³/mol. The molecule has 2 nitrogen and oxygen atoms in total. The molecule has 1 N–H and O–H groups in total. The van der Waals surface area contributed by atoms with E-state index in [9.17, 15) is 26.7 Å². The minimum atomic E-state index is -2.28. The summed E-state index contributed by atoms with van der Waals surface area (Å²) in [4.78, 5) is 11.6. The van der Waals surface area contributed by atoms with E-state index in [1.807, 2.05) is 6.92 Å². The maximum Gasteiger partial charge on any atom is 0.248 e. The molecule has 0 bridgehead atoms. The molecule has 0 aliphatic rings. The van der Waals surface area contributed by atoms with Crippen LogP contribution in [0.2, 0.25) is 0 Å². The highest BCUT2D eigenvalue weighted by Gasteiger charge is 2.26. The summed E-state index contributed by atoms with van der Waals surface area (Å²) in [5, 5.41) is 1.65. The molecule has 7 heteroatoms. The zero-order valence-electron chi connectivity index (χ0n) is 11.8. The molecule has 0 atom stereocenters. The highest BCUT2D eigenvalue weighted by molar-refractivity contribution is 6.02. The molecule has 0 heterocycles.